The quantitative estimate of drug-likeness (QED) is 0.152. The first-order valence-corrected chi connectivity index (χ1v) is 12.3. The van der Waals surface area contributed by atoms with Crippen LogP contribution in [-0.2, 0) is 4.74 Å². The molecule has 2 aromatic heterocycles. The van der Waals surface area contributed by atoms with Gasteiger partial charge in [0, 0.05) is 6.07 Å². The molecule has 2 aromatic carbocycles. The number of thiazole rings is 1. The summed E-state index contributed by atoms with van der Waals surface area (Å²) in [5.74, 6) is 0.304. The topological polar surface area (TPSA) is 99.1 Å². The maximum absolute atomic E-state index is 13.6. The molecule has 0 bridgehead atoms. The van der Waals surface area contributed by atoms with E-state index in [2.05, 4.69) is 6.07 Å². The Hall–Kier alpha value is -3.46. The SMILES string of the molecule is CCOC(=O)c1ccc(-n2c(SCC#N)nc3c(sc(=S)n3-c3cccc(OC)c3)c2=O)cc1. The van der Waals surface area contributed by atoms with Crippen LogP contribution in [0.1, 0.15) is 17.3 Å². The van der Waals surface area contributed by atoms with Crippen LogP contribution in [0.4, 0.5) is 0 Å². The van der Waals surface area contributed by atoms with Crippen molar-refractivity contribution in [1.29, 1.82) is 5.26 Å². The molecule has 0 aliphatic rings. The van der Waals surface area contributed by atoms with Crippen molar-refractivity contribution in [1.82, 2.24) is 14.1 Å². The normalized spacial score (nSPS) is 10.7. The van der Waals surface area contributed by atoms with Crippen LogP contribution in [0.3, 0.4) is 0 Å². The molecule has 0 saturated heterocycles. The minimum absolute atomic E-state index is 0.100. The Kier molecular flexibility index (Phi) is 7.12. The van der Waals surface area contributed by atoms with Gasteiger partial charge in [0.25, 0.3) is 5.56 Å². The van der Waals surface area contributed by atoms with Crippen molar-refractivity contribution >= 4 is 51.6 Å². The number of fused-ring (bicyclic) bond motifs is 1. The molecule has 0 saturated carbocycles. The van der Waals surface area contributed by atoms with Gasteiger partial charge in [0.05, 0.1) is 42.5 Å². The summed E-state index contributed by atoms with van der Waals surface area (Å²) in [6, 6.07) is 15.9. The van der Waals surface area contributed by atoms with Crippen molar-refractivity contribution < 1.29 is 14.3 Å². The maximum atomic E-state index is 13.6. The van der Waals surface area contributed by atoms with Crippen molar-refractivity contribution in [3.63, 3.8) is 0 Å². The Morgan fingerprint density at radius 3 is 2.65 bits per heavy atom. The third-order valence-electron chi connectivity index (χ3n) is 4.79. The van der Waals surface area contributed by atoms with Gasteiger partial charge >= 0.3 is 5.97 Å². The molecule has 0 unspecified atom stereocenters. The zero-order valence-electron chi connectivity index (χ0n) is 18.2. The lowest BCUT2D eigenvalue weighted by Gasteiger charge is -2.13. The van der Waals surface area contributed by atoms with E-state index in [1.165, 1.54) is 4.57 Å². The molecular formula is C23H18N4O4S3. The van der Waals surface area contributed by atoms with Crippen molar-refractivity contribution in [3.8, 4) is 23.2 Å². The number of ether oxygens (including phenoxy) is 2. The average Bonchev–Trinajstić information content (AvgIpc) is 3.19. The first-order chi connectivity index (χ1) is 16.5. The van der Waals surface area contributed by atoms with Crippen molar-refractivity contribution in [2.24, 2.45) is 0 Å². The lowest BCUT2D eigenvalue weighted by molar-refractivity contribution is 0.0526. The van der Waals surface area contributed by atoms with Gasteiger partial charge in [0.1, 0.15) is 10.4 Å². The van der Waals surface area contributed by atoms with Crippen LogP contribution in [0.25, 0.3) is 21.7 Å². The highest BCUT2D eigenvalue weighted by atomic mass is 32.2. The molecule has 0 fully saturated rings. The fourth-order valence-electron chi connectivity index (χ4n) is 3.30. The van der Waals surface area contributed by atoms with Gasteiger partial charge in [-0.15, -0.1) is 0 Å². The highest BCUT2D eigenvalue weighted by molar-refractivity contribution is 7.99. The number of aromatic nitrogens is 3. The second kappa shape index (κ2) is 10.2. The van der Waals surface area contributed by atoms with Gasteiger partial charge in [-0.1, -0.05) is 29.2 Å². The molecule has 4 aromatic rings. The molecule has 4 rings (SSSR count). The van der Waals surface area contributed by atoms with E-state index in [1.54, 1.807) is 42.9 Å². The zero-order valence-corrected chi connectivity index (χ0v) is 20.6. The van der Waals surface area contributed by atoms with Gasteiger partial charge in [0.15, 0.2) is 14.8 Å². The van der Waals surface area contributed by atoms with Crippen LogP contribution in [0.5, 0.6) is 5.75 Å². The van der Waals surface area contributed by atoms with E-state index in [1.807, 2.05) is 24.3 Å². The van der Waals surface area contributed by atoms with Crippen molar-refractivity contribution in [2.45, 2.75) is 12.1 Å². The van der Waals surface area contributed by atoms with Gasteiger partial charge < -0.3 is 9.47 Å². The van der Waals surface area contributed by atoms with Crippen LogP contribution in [0.15, 0.2) is 58.5 Å². The number of rotatable bonds is 7. The summed E-state index contributed by atoms with van der Waals surface area (Å²) in [5.41, 5.74) is 1.70. The lowest BCUT2D eigenvalue weighted by atomic mass is 10.2. The van der Waals surface area contributed by atoms with Crippen LogP contribution < -0.4 is 10.3 Å². The molecule has 34 heavy (non-hydrogen) atoms. The molecule has 8 nitrogen and oxygen atoms in total. The standard InChI is InChI=1S/C23H18N4O4S3/c1-3-31-21(29)14-7-9-15(10-8-14)27-20(28)18-19(25-22(27)33-12-11-24)26(23(32)34-18)16-5-4-6-17(13-16)30-2/h4-10,13H,3,12H2,1-2H3. The number of methoxy groups -OCH3 is 1. The summed E-state index contributed by atoms with van der Waals surface area (Å²) in [6.07, 6.45) is 0. The molecule has 0 atom stereocenters. The van der Waals surface area contributed by atoms with Gasteiger partial charge in [-0.2, -0.15) is 5.26 Å². The Labute approximate surface area is 208 Å². The molecule has 0 aliphatic heterocycles. The second-order valence-corrected chi connectivity index (χ2v) is 9.39. The number of esters is 1. The fourth-order valence-corrected chi connectivity index (χ4v) is 5.26. The second-order valence-electron chi connectivity index (χ2n) is 6.81. The van der Waals surface area contributed by atoms with Crippen LogP contribution in [-0.4, -0.2) is 39.6 Å². The Morgan fingerprint density at radius 1 is 1.21 bits per heavy atom. The third-order valence-corrected chi connectivity index (χ3v) is 6.95. The summed E-state index contributed by atoms with van der Waals surface area (Å²) >= 11 is 7.88. The molecule has 2 heterocycles. The molecular weight excluding hydrogens is 492 g/mol. The number of carbonyl (C=O) groups excluding carboxylic acids is 1. The first-order valence-electron chi connectivity index (χ1n) is 10.1. The minimum atomic E-state index is -0.442. The van der Waals surface area contributed by atoms with E-state index in [9.17, 15) is 9.59 Å². The van der Waals surface area contributed by atoms with Crippen LogP contribution in [0.2, 0.25) is 0 Å². The molecule has 0 radical (unpaired) electrons. The van der Waals surface area contributed by atoms with E-state index in [4.69, 9.17) is 31.9 Å². The number of nitriles is 1. The molecule has 0 amide bonds. The van der Waals surface area contributed by atoms with Gasteiger partial charge in [-0.25, -0.2) is 9.78 Å². The smallest absolute Gasteiger partial charge is 0.338 e. The highest BCUT2D eigenvalue weighted by Crippen LogP contribution is 2.28. The minimum Gasteiger partial charge on any atom is -0.497 e. The lowest BCUT2D eigenvalue weighted by Crippen LogP contribution is -2.21. The van der Waals surface area contributed by atoms with E-state index in [0.717, 1.165) is 28.8 Å². The fraction of sp³-hybridized carbons (Fsp3) is 0.174. The van der Waals surface area contributed by atoms with Gasteiger partial charge in [0.2, 0.25) is 0 Å². The molecule has 172 valence electrons. The van der Waals surface area contributed by atoms with Gasteiger partial charge in [-0.3, -0.25) is 13.9 Å². The van der Waals surface area contributed by atoms with Gasteiger partial charge in [-0.05, 0) is 55.5 Å². The van der Waals surface area contributed by atoms with E-state index in [0.29, 0.717) is 36.5 Å². The van der Waals surface area contributed by atoms with Crippen molar-refractivity contribution in [2.75, 3.05) is 19.5 Å². The number of benzene rings is 2. The van der Waals surface area contributed by atoms with Crippen molar-refractivity contribution in [3.05, 3.63) is 68.4 Å². The summed E-state index contributed by atoms with van der Waals surface area (Å²) in [7, 11) is 1.57. The number of thioether (sulfide) groups is 1. The number of hydrogen-bond donors (Lipinski definition) is 0. The summed E-state index contributed by atoms with van der Waals surface area (Å²) in [5, 5.41) is 9.48. The predicted molar refractivity (Wildman–Crippen MR) is 134 cm³/mol. The summed E-state index contributed by atoms with van der Waals surface area (Å²) in [6.45, 7) is 2.00. The van der Waals surface area contributed by atoms with E-state index < -0.39 is 5.97 Å². The molecule has 0 aliphatic carbocycles. The highest BCUT2D eigenvalue weighted by Gasteiger charge is 2.19. The predicted octanol–water partition coefficient (Wildman–Crippen LogP) is 4.77. The largest absolute Gasteiger partial charge is 0.497 e. The summed E-state index contributed by atoms with van der Waals surface area (Å²) in [4.78, 5) is 30.4. The Bertz CT molecular complexity index is 1530. The average molecular weight is 511 g/mol. The number of carbonyl (C=O) groups is 1. The van der Waals surface area contributed by atoms with Crippen LogP contribution in [0, 0.1) is 15.3 Å². The first kappa shape index (κ1) is 23.7. The maximum Gasteiger partial charge on any atom is 0.338 e. The van der Waals surface area contributed by atoms with Crippen LogP contribution >= 0.6 is 35.3 Å². The molecule has 0 N–H and O–H groups in total. The number of nitrogens with zero attached hydrogens (tertiary/aromatic N) is 4. The Morgan fingerprint density at radius 2 is 1.97 bits per heavy atom. The Balaban J connectivity index is 1.92. The van der Waals surface area contributed by atoms with E-state index >= 15 is 0 Å². The number of hydrogen-bond acceptors (Lipinski definition) is 9. The van der Waals surface area contributed by atoms with E-state index in [-0.39, 0.29) is 17.9 Å². The zero-order chi connectivity index (χ0) is 24.2. The molecule has 0 spiro atoms. The summed E-state index contributed by atoms with van der Waals surface area (Å²) < 4.78 is 14.3. The molecule has 11 heteroatoms. The third kappa shape index (κ3) is 4.48. The monoisotopic (exact) mass is 510 g/mol.